The van der Waals surface area contributed by atoms with Crippen molar-refractivity contribution in [2.45, 2.75) is 32.0 Å². The number of rotatable bonds is 5. The second-order valence-electron chi connectivity index (χ2n) is 4.71. The van der Waals surface area contributed by atoms with Gasteiger partial charge >= 0.3 is 5.97 Å². The van der Waals surface area contributed by atoms with Crippen LogP contribution in [0, 0.1) is 0 Å². The van der Waals surface area contributed by atoms with Crippen molar-refractivity contribution in [2.75, 3.05) is 30.8 Å². The number of carbonyl (C=O) groups is 1. The van der Waals surface area contributed by atoms with Gasteiger partial charge in [0.05, 0.1) is 12.7 Å². The van der Waals surface area contributed by atoms with Crippen molar-refractivity contribution in [3.8, 4) is 0 Å². The summed E-state index contributed by atoms with van der Waals surface area (Å²) < 4.78 is 14.3. The predicted octanol–water partition coefficient (Wildman–Crippen LogP) is 0.854. The van der Waals surface area contributed by atoms with E-state index >= 15 is 0 Å². The Morgan fingerprint density at radius 2 is 2.50 bits per heavy atom. The van der Waals surface area contributed by atoms with Crippen LogP contribution in [0.4, 0.5) is 10.8 Å². The average Bonchev–Trinajstić information content (AvgIpc) is 2.92. The second kappa shape index (κ2) is 5.94. The fourth-order valence-corrected chi connectivity index (χ4v) is 2.76. The Labute approximate surface area is 121 Å². The molecule has 8 heteroatoms. The van der Waals surface area contributed by atoms with Crippen LogP contribution >= 0.6 is 11.5 Å². The third-order valence-electron chi connectivity index (χ3n) is 3.41. The van der Waals surface area contributed by atoms with Crippen LogP contribution in [-0.2, 0) is 9.47 Å². The van der Waals surface area contributed by atoms with Gasteiger partial charge in [-0.15, -0.1) is 0 Å². The van der Waals surface area contributed by atoms with Gasteiger partial charge in [0.1, 0.15) is 16.2 Å². The lowest BCUT2D eigenvalue weighted by molar-refractivity contribution is -0.0175. The molecule has 20 heavy (non-hydrogen) atoms. The van der Waals surface area contributed by atoms with Gasteiger partial charge in [-0.1, -0.05) is 0 Å². The van der Waals surface area contributed by atoms with Crippen LogP contribution in [0.3, 0.4) is 0 Å². The summed E-state index contributed by atoms with van der Waals surface area (Å²) in [5.74, 6) is -0.373. The van der Waals surface area contributed by atoms with E-state index < -0.39 is 11.6 Å². The third-order valence-corrected chi connectivity index (χ3v) is 4.23. The first-order chi connectivity index (χ1) is 9.48. The van der Waals surface area contributed by atoms with E-state index in [-0.39, 0.29) is 30.6 Å². The molecule has 2 heterocycles. The van der Waals surface area contributed by atoms with Gasteiger partial charge in [-0.05, 0) is 25.4 Å². The van der Waals surface area contributed by atoms with E-state index in [4.69, 9.17) is 15.2 Å². The highest BCUT2D eigenvalue weighted by Gasteiger charge is 2.39. The van der Waals surface area contributed by atoms with Crippen molar-refractivity contribution in [1.82, 2.24) is 4.37 Å². The van der Waals surface area contributed by atoms with Gasteiger partial charge in [0, 0.05) is 19.6 Å². The monoisotopic (exact) mass is 301 g/mol. The van der Waals surface area contributed by atoms with Crippen molar-refractivity contribution in [1.29, 1.82) is 0 Å². The zero-order valence-electron chi connectivity index (χ0n) is 11.5. The van der Waals surface area contributed by atoms with E-state index in [1.807, 2.05) is 6.92 Å². The molecule has 0 bridgehead atoms. The molecule has 0 amide bonds. The molecule has 1 saturated heterocycles. The molecule has 1 aromatic rings. The number of aliphatic hydroxyl groups is 1. The van der Waals surface area contributed by atoms with Gasteiger partial charge < -0.3 is 25.6 Å². The lowest BCUT2D eigenvalue weighted by Crippen LogP contribution is -2.43. The Hall–Kier alpha value is -1.38. The SMILES string of the molecule is CCOC(=O)c1c(N)nsc1NCC1(O)CCOC1C. The maximum Gasteiger partial charge on any atom is 0.344 e. The van der Waals surface area contributed by atoms with Crippen molar-refractivity contribution >= 4 is 28.3 Å². The fraction of sp³-hybridized carbons (Fsp3) is 0.667. The van der Waals surface area contributed by atoms with Gasteiger partial charge in [0.25, 0.3) is 0 Å². The molecule has 0 aromatic carbocycles. The Bertz CT molecular complexity index is 493. The zero-order valence-corrected chi connectivity index (χ0v) is 12.3. The maximum atomic E-state index is 11.8. The smallest absolute Gasteiger partial charge is 0.344 e. The molecule has 0 aliphatic carbocycles. The Balaban J connectivity index is 2.08. The topological polar surface area (TPSA) is 107 Å². The van der Waals surface area contributed by atoms with Crippen LogP contribution in [0.1, 0.15) is 30.6 Å². The van der Waals surface area contributed by atoms with E-state index in [2.05, 4.69) is 9.69 Å². The summed E-state index contributed by atoms with van der Waals surface area (Å²) in [7, 11) is 0. The van der Waals surface area contributed by atoms with E-state index in [0.29, 0.717) is 18.0 Å². The minimum atomic E-state index is -0.954. The number of nitrogens with two attached hydrogens (primary N) is 1. The second-order valence-corrected chi connectivity index (χ2v) is 5.49. The number of hydrogen-bond donors (Lipinski definition) is 3. The van der Waals surface area contributed by atoms with E-state index in [9.17, 15) is 9.90 Å². The summed E-state index contributed by atoms with van der Waals surface area (Å²) in [4.78, 5) is 11.8. The molecule has 4 N–H and O–H groups in total. The summed E-state index contributed by atoms with van der Waals surface area (Å²) in [6.45, 7) is 4.60. The average molecular weight is 301 g/mol. The Morgan fingerprint density at radius 1 is 1.75 bits per heavy atom. The van der Waals surface area contributed by atoms with Crippen molar-refractivity contribution in [2.24, 2.45) is 0 Å². The van der Waals surface area contributed by atoms with Crippen LogP contribution in [-0.4, -0.2) is 46.9 Å². The minimum Gasteiger partial charge on any atom is -0.462 e. The molecule has 1 aromatic heterocycles. The first kappa shape index (κ1) is 15.0. The lowest BCUT2D eigenvalue weighted by atomic mass is 9.97. The first-order valence-corrected chi connectivity index (χ1v) is 7.25. The van der Waals surface area contributed by atoms with E-state index in [1.54, 1.807) is 6.92 Å². The standard InChI is InChI=1S/C12H19N3O4S/c1-3-18-11(16)8-9(13)15-20-10(8)14-6-12(17)4-5-19-7(12)2/h7,14,17H,3-6H2,1-2H3,(H2,13,15). The van der Waals surface area contributed by atoms with Crippen molar-refractivity contribution in [3.63, 3.8) is 0 Å². The largest absolute Gasteiger partial charge is 0.462 e. The molecule has 2 unspecified atom stereocenters. The summed E-state index contributed by atoms with van der Waals surface area (Å²) in [6, 6.07) is 0. The van der Waals surface area contributed by atoms with Gasteiger partial charge in [0.2, 0.25) is 0 Å². The summed E-state index contributed by atoms with van der Waals surface area (Å²) in [5, 5.41) is 13.9. The number of nitrogens with one attached hydrogen (secondary N) is 1. The predicted molar refractivity (Wildman–Crippen MR) is 76.0 cm³/mol. The molecule has 7 nitrogen and oxygen atoms in total. The van der Waals surface area contributed by atoms with Crippen LogP contribution < -0.4 is 11.1 Å². The van der Waals surface area contributed by atoms with Crippen molar-refractivity contribution in [3.05, 3.63) is 5.56 Å². The molecule has 0 saturated carbocycles. The lowest BCUT2D eigenvalue weighted by Gasteiger charge is -2.26. The van der Waals surface area contributed by atoms with Crippen molar-refractivity contribution < 1.29 is 19.4 Å². The summed E-state index contributed by atoms with van der Waals surface area (Å²) in [6.07, 6.45) is 0.288. The Kier molecular flexibility index (Phi) is 4.46. The molecular formula is C12H19N3O4S. The number of nitrogens with zero attached hydrogens (tertiary/aromatic N) is 1. The number of esters is 1. The molecule has 0 radical (unpaired) electrons. The number of nitrogen functional groups attached to an aromatic ring is 1. The maximum absolute atomic E-state index is 11.8. The Morgan fingerprint density at radius 3 is 3.10 bits per heavy atom. The van der Waals surface area contributed by atoms with E-state index in [1.165, 1.54) is 0 Å². The fourth-order valence-electron chi connectivity index (χ4n) is 2.06. The number of ether oxygens (including phenoxy) is 2. The van der Waals surface area contributed by atoms with Gasteiger partial charge in [-0.3, -0.25) is 0 Å². The molecular weight excluding hydrogens is 282 g/mol. The molecule has 1 fully saturated rings. The highest BCUT2D eigenvalue weighted by Crippen LogP contribution is 2.30. The molecule has 0 spiro atoms. The minimum absolute atomic E-state index is 0.138. The number of hydrogen-bond acceptors (Lipinski definition) is 8. The number of aromatic nitrogens is 1. The molecule has 2 rings (SSSR count). The first-order valence-electron chi connectivity index (χ1n) is 6.48. The van der Waals surface area contributed by atoms with Crippen LogP contribution in [0.2, 0.25) is 0 Å². The van der Waals surface area contributed by atoms with Gasteiger partial charge in [0.15, 0.2) is 5.82 Å². The number of anilines is 2. The summed E-state index contributed by atoms with van der Waals surface area (Å²) in [5.41, 5.74) is 4.96. The molecule has 2 atom stereocenters. The van der Waals surface area contributed by atoms with E-state index in [0.717, 1.165) is 11.5 Å². The molecule has 112 valence electrons. The third kappa shape index (κ3) is 2.87. The van der Waals surface area contributed by atoms with Gasteiger partial charge in [-0.2, -0.15) is 4.37 Å². The van der Waals surface area contributed by atoms with Crippen LogP contribution in [0.15, 0.2) is 0 Å². The van der Waals surface area contributed by atoms with Crippen LogP contribution in [0.5, 0.6) is 0 Å². The number of carbonyl (C=O) groups excluding carboxylic acids is 1. The quantitative estimate of drug-likeness (QED) is 0.692. The molecule has 1 aliphatic rings. The highest BCUT2D eigenvalue weighted by molar-refractivity contribution is 7.11. The summed E-state index contributed by atoms with van der Waals surface area (Å²) >= 11 is 1.07. The zero-order chi connectivity index (χ0) is 14.8. The van der Waals surface area contributed by atoms with Gasteiger partial charge in [-0.25, -0.2) is 4.79 Å². The highest BCUT2D eigenvalue weighted by atomic mass is 32.1. The van der Waals surface area contributed by atoms with Crippen LogP contribution in [0.25, 0.3) is 0 Å². The normalized spacial score (nSPS) is 25.6. The molecule has 1 aliphatic heterocycles.